The first-order valence-electron chi connectivity index (χ1n) is 15.8. The van der Waals surface area contributed by atoms with Crippen LogP contribution in [0.3, 0.4) is 0 Å². The zero-order valence-electron chi connectivity index (χ0n) is 24.9. The first-order chi connectivity index (χ1) is 22.8. The third-order valence-electron chi connectivity index (χ3n) is 9.62. The van der Waals surface area contributed by atoms with Crippen molar-refractivity contribution in [3.8, 4) is 50.6 Å². The van der Waals surface area contributed by atoms with Crippen molar-refractivity contribution in [2.75, 3.05) is 0 Å². The van der Waals surface area contributed by atoms with Crippen LogP contribution in [0.2, 0.25) is 0 Å². The Kier molecular flexibility index (Phi) is 5.31. The van der Waals surface area contributed by atoms with Gasteiger partial charge < -0.3 is 9.30 Å². The number of hydrogen-bond donors (Lipinski definition) is 0. The van der Waals surface area contributed by atoms with Gasteiger partial charge in [-0.1, -0.05) is 127 Å². The summed E-state index contributed by atoms with van der Waals surface area (Å²) in [6.07, 6.45) is 0. The molecule has 214 valence electrons. The monoisotopic (exact) mass is 585 g/mol. The molecule has 0 saturated heterocycles. The molecule has 0 N–H and O–H groups in total. The molecule has 0 aliphatic carbocycles. The molecule has 1 aliphatic rings. The number of aromatic nitrogens is 1. The standard InChI is InChI=1S/C44H27NO/c1-2-9-34-30(8-1)22-26-40-43(34)38-11-3-5-14-39(38)45(40)32-23-20-29(21-24-32)28-16-18-31(19-17-28)33-25-27-42-44-36(33)12-7-13-37(44)35-10-4-6-15-41(35)46-42/h1-27H. The Labute approximate surface area is 266 Å². The largest absolute Gasteiger partial charge is 0.456 e. The van der Waals surface area contributed by atoms with Gasteiger partial charge in [-0.2, -0.15) is 0 Å². The van der Waals surface area contributed by atoms with E-state index in [9.17, 15) is 0 Å². The summed E-state index contributed by atoms with van der Waals surface area (Å²) in [6, 6.07) is 59.0. The summed E-state index contributed by atoms with van der Waals surface area (Å²) in [4.78, 5) is 0. The summed E-state index contributed by atoms with van der Waals surface area (Å²) in [5.74, 6) is 1.83. The molecule has 0 unspecified atom stereocenters. The predicted octanol–water partition coefficient (Wildman–Crippen LogP) is 12.2. The number of ether oxygens (including phenoxy) is 1. The Bertz CT molecular complexity index is 2640. The molecule has 2 heteroatoms. The van der Waals surface area contributed by atoms with Gasteiger partial charge in [-0.05, 0) is 80.4 Å². The summed E-state index contributed by atoms with van der Waals surface area (Å²) < 4.78 is 8.71. The van der Waals surface area contributed by atoms with Crippen molar-refractivity contribution in [2.45, 2.75) is 0 Å². The van der Waals surface area contributed by atoms with Crippen LogP contribution in [0, 0.1) is 0 Å². The quantitative estimate of drug-likeness (QED) is 0.201. The molecule has 46 heavy (non-hydrogen) atoms. The van der Waals surface area contributed by atoms with Gasteiger partial charge >= 0.3 is 0 Å². The third kappa shape index (κ3) is 3.65. The second-order valence-electron chi connectivity index (χ2n) is 12.1. The number of para-hydroxylation sites is 2. The Balaban J connectivity index is 1.03. The Morgan fingerprint density at radius 1 is 0.348 bits per heavy atom. The topological polar surface area (TPSA) is 14.2 Å². The van der Waals surface area contributed by atoms with E-state index in [2.05, 4.69) is 156 Å². The van der Waals surface area contributed by atoms with Gasteiger partial charge in [0.15, 0.2) is 0 Å². The molecule has 1 aliphatic heterocycles. The highest BCUT2D eigenvalue weighted by molar-refractivity contribution is 6.21. The lowest BCUT2D eigenvalue weighted by molar-refractivity contribution is 0.487. The number of fused-ring (bicyclic) bond motifs is 7. The maximum Gasteiger partial charge on any atom is 0.135 e. The number of nitrogens with zero attached hydrogens (tertiary/aromatic N) is 1. The molecule has 0 amide bonds. The lowest BCUT2D eigenvalue weighted by atomic mass is 9.90. The highest BCUT2D eigenvalue weighted by atomic mass is 16.5. The number of rotatable bonds is 3. The second-order valence-corrected chi connectivity index (χ2v) is 12.1. The molecule has 0 bridgehead atoms. The van der Waals surface area contributed by atoms with Gasteiger partial charge in [0, 0.05) is 27.4 Å². The van der Waals surface area contributed by atoms with E-state index >= 15 is 0 Å². The average Bonchev–Trinajstić information content (AvgIpc) is 3.47. The van der Waals surface area contributed by atoms with E-state index in [4.69, 9.17) is 4.74 Å². The van der Waals surface area contributed by atoms with Crippen LogP contribution in [-0.4, -0.2) is 4.57 Å². The lowest BCUT2D eigenvalue weighted by Gasteiger charge is -2.22. The molecule has 0 radical (unpaired) electrons. The van der Waals surface area contributed by atoms with Crippen LogP contribution in [0.4, 0.5) is 0 Å². The van der Waals surface area contributed by atoms with Crippen molar-refractivity contribution < 1.29 is 4.74 Å². The van der Waals surface area contributed by atoms with E-state index in [0.29, 0.717) is 0 Å². The Morgan fingerprint density at radius 2 is 1.02 bits per heavy atom. The van der Waals surface area contributed by atoms with Crippen LogP contribution in [0.5, 0.6) is 11.5 Å². The van der Waals surface area contributed by atoms with E-state index < -0.39 is 0 Å². The zero-order chi connectivity index (χ0) is 30.2. The molecule has 1 aromatic heterocycles. The fourth-order valence-electron chi connectivity index (χ4n) is 7.49. The van der Waals surface area contributed by atoms with E-state index in [1.807, 2.05) is 12.1 Å². The Hall–Kier alpha value is -6.12. The molecule has 0 spiro atoms. The predicted molar refractivity (Wildman–Crippen MR) is 192 cm³/mol. The van der Waals surface area contributed by atoms with Crippen molar-refractivity contribution in [1.29, 1.82) is 0 Å². The molecule has 2 nitrogen and oxygen atoms in total. The molecule has 8 aromatic carbocycles. The van der Waals surface area contributed by atoms with E-state index in [1.165, 1.54) is 71.2 Å². The highest BCUT2D eigenvalue weighted by Crippen LogP contribution is 2.48. The van der Waals surface area contributed by atoms with Crippen molar-refractivity contribution in [3.05, 3.63) is 164 Å². The van der Waals surface area contributed by atoms with Crippen molar-refractivity contribution in [2.24, 2.45) is 0 Å². The summed E-state index contributed by atoms with van der Waals surface area (Å²) in [6.45, 7) is 0. The highest BCUT2D eigenvalue weighted by Gasteiger charge is 2.21. The zero-order valence-corrected chi connectivity index (χ0v) is 24.9. The van der Waals surface area contributed by atoms with Gasteiger partial charge in [0.1, 0.15) is 11.5 Å². The number of hydrogen-bond acceptors (Lipinski definition) is 1. The Morgan fingerprint density at radius 3 is 1.89 bits per heavy atom. The maximum atomic E-state index is 6.32. The van der Waals surface area contributed by atoms with Crippen molar-refractivity contribution in [1.82, 2.24) is 4.57 Å². The summed E-state index contributed by atoms with van der Waals surface area (Å²) in [5, 5.41) is 7.53. The van der Waals surface area contributed by atoms with Gasteiger partial charge in [0.25, 0.3) is 0 Å². The van der Waals surface area contributed by atoms with Crippen LogP contribution >= 0.6 is 0 Å². The van der Waals surface area contributed by atoms with Crippen LogP contribution in [0.15, 0.2) is 164 Å². The van der Waals surface area contributed by atoms with Gasteiger partial charge in [0.2, 0.25) is 0 Å². The SMILES string of the molecule is c1ccc2c(c1)Oc1ccc(-c3ccc(-c4ccc(-n5c6ccccc6c6c7ccccc7ccc65)cc4)cc3)c3cccc-2c13. The summed E-state index contributed by atoms with van der Waals surface area (Å²) >= 11 is 0. The molecular weight excluding hydrogens is 558 g/mol. The molecule has 0 fully saturated rings. The van der Waals surface area contributed by atoms with Crippen LogP contribution in [-0.2, 0) is 0 Å². The minimum absolute atomic E-state index is 0.914. The molecule has 0 saturated carbocycles. The van der Waals surface area contributed by atoms with Gasteiger partial charge in [0.05, 0.1) is 11.0 Å². The molecule has 0 atom stereocenters. The molecule has 10 rings (SSSR count). The first kappa shape index (κ1) is 25.2. The van der Waals surface area contributed by atoms with Crippen LogP contribution < -0.4 is 4.74 Å². The van der Waals surface area contributed by atoms with E-state index in [-0.39, 0.29) is 0 Å². The molecule has 9 aromatic rings. The van der Waals surface area contributed by atoms with Gasteiger partial charge in [-0.3, -0.25) is 0 Å². The fourth-order valence-corrected chi connectivity index (χ4v) is 7.49. The minimum atomic E-state index is 0.914. The summed E-state index contributed by atoms with van der Waals surface area (Å²) in [5.41, 5.74) is 10.8. The molecule has 2 heterocycles. The minimum Gasteiger partial charge on any atom is -0.456 e. The maximum absolute atomic E-state index is 6.32. The van der Waals surface area contributed by atoms with E-state index in [1.54, 1.807) is 0 Å². The lowest BCUT2D eigenvalue weighted by Crippen LogP contribution is -1.97. The third-order valence-corrected chi connectivity index (χ3v) is 9.62. The van der Waals surface area contributed by atoms with Gasteiger partial charge in [-0.25, -0.2) is 0 Å². The van der Waals surface area contributed by atoms with Gasteiger partial charge in [-0.15, -0.1) is 0 Å². The summed E-state index contributed by atoms with van der Waals surface area (Å²) in [7, 11) is 0. The second kappa shape index (κ2) is 9.69. The normalized spacial score (nSPS) is 12.1. The first-order valence-corrected chi connectivity index (χ1v) is 15.8. The van der Waals surface area contributed by atoms with Crippen molar-refractivity contribution in [3.63, 3.8) is 0 Å². The van der Waals surface area contributed by atoms with Crippen molar-refractivity contribution >= 4 is 43.4 Å². The van der Waals surface area contributed by atoms with Crippen LogP contribution in [0.25, 0.3) is 82.4 Å². The fraction of sp³-hybridized carbons (Fsp3) is 0. The van der Waals surface area contributed by atoms with E-state index in [0.717, 1.165) is 22.7 Å². The number of benzene rings is 8. The van der Waals surface area contributed by atoms with Crippen LogP contribution in [0.1, 0.15) is 0 Å². The average molecular weight is 586 g/mol. The smallest absolute Gasteiger partial charge is 0.135 e. The molecular formula is C44H27NO.